The quantitative estimate of drug-likeness (QED) is 0.711. The number of anilines is 1. The number of methoxy groups -OCH3 is 1. The number of hydrogen-bond donors (Lipinski definition) is 2. The number of H-pyrrole nitrogens is 1. The molecule has 2 N–H and O–H groups in total. The Bertz CT molecular complexity index is 993. The van der Waals surface area contributed by atoms with E-state index < -0.39 is 5.97 Å². The summed E-state index contributed by atoms with van der Waals surface area (Å²) in [7, 11) is 1.35. The van der Waals surface area contributed by atoms with E-state index in [1.807, 2.05) is 25.1 Å². The summed E-state index contributed by atoms with van der Waals surface area (Å²) in [5.41, 5.74) is 3.39. The number of amides is 1. The molecule has 1 saturated heterocycles. The molecule has 1 aromatic heterocycles. The van der Waals surface area contributed by atoms with Crippen molar-refractivity contribution < 1.29 is 14.3 Å². The highest BCUT2D eigenvalue weighted by molar-refractivity contribution is 6.11. The molecule has 2 aliphatic rings. The Labute approximate surface area is 178 Å². The minimum Gasteiger partial charge on any atom is -0.464 e. The average molecular weight is 412 g/mol. The fraction of sp³-hybridized carbons (Fsp3) is 0.583. The topological polar surface area (TPSA) is 74.4 Å². The van der Waals surface area contributed by atoms with E-state index in [0.717, 1.165) is 29.6 Å². The first-order valence-electron chi connectivity index (χ1n) is 10.8. The van der Waals surface area contributed by atoms with E-state index in [-0.39, 0.29) is 11.6 Å². The number of esters is 1. The highest BCUT2D eigenvalue weighted by atomic mass is 16.5. The zero-order valence-corrected chi connectivity index (χ0v) is 18.7. The minimum absolute atomic E-state index is 0.0755. The van der Waals surface area contributed by atoms with Crippen LogP contribution in [0.5, 0.6) is 0 Å². The summed E-state index contributed by atoms with van der Waals surface area (Å²) in [5.74, 6) is -0.559. The third-order valence-corrected chi connectivity index (χ3v) is 6.76. The molecule has 6 heteroatoms. The summed E-state index contributed by atoms with van der Waals surface area (Å²) >= 11 is 0. The van der Waals surface area contributed by atoms with Crippen LogP contribution < -0.4 is 5.32 Å². The molecule has 0 spiro atoms. The van der Waals surface area contributed by atoms with Crippen LogP contribution in [0, 0.1) is 17.8 Å². The molecule has 2 fully saturated rings. The predicted octanol–water partition coefficient (Wildman–Crippen LogP) is 4.49. The van der Waals surface area contributed by atoms with Crippen LogP contribution in [0.2, 0.25) is 0 Å². The van der Waals surface area contributed by atoms with E-state index in [9.17, 15) is 9.59 Å². The number of carbonyl (C=O) groups is 2. The third-order valence-electron chi connectivity index (χ3n) is 6.76. The number of aromatic amines is 1. The largest absolute Gasteiger partial charge is 0.464 e. The molecule has 1 saturated carbocycles. The van der Waals surface area contributed by atoms with Gasteiger partial charge in [0.2, 0.25) is 5.91 Å². The van der Waals surface area contributed by atoms with Gasteiger partial charge in [0.1, 0.15) is 5.69 Å². The van der Waals surface area contributed by atoms with Crippen LogP contribution in [0.4, 0.5) is 5.69 Å². The first-order valence-corrected chi connectivity index (χ1v) is 10.8. The van der Waals surface area contributed by atoms with Gasteiger partial charge in [-0.25, -0.2) is 4.79 Å². The van der Waals surface area contributed by atoms with Crippen molar-refractivity contribution in [2.75, 3.05) is 25.5 Å². The third kappa shape index (κ3) is 3.97. The van der Waals surface area contributed by atoms with Crippen molar-refractivity contribution in [3.05, 3.63) is 29.5 Å². The highest BCUT2D eigenvalue weighted by Gasteiger charge is 2.49. The van der Waals surface area contributed by atoms with E-state index in [0.29, 0.717) is 29.0 Å². The van der Waals surface area contributed by atoms with Gasteiger partial charge in [-0.15, -0.1) is 0 Å². The minimum atomic E-state index is -0.484. The van der Waals surface area contributed by atoms with Gasteiger partial charge >= 0.3 is 5.97 Å². The number of rotatable bonds is 5. The number of aromatic nitrogens is 1. The summed E-state index contributed by atoms with van der Waals surface area (Å²) in [6, 6.07) is 6.42. The van der Waals surface area contributed by atoms with E-state index in [2.05, 4.69) is 36.0 Å². The maximum absolute atomic E-state index is 12.9. The lowest BCUT2D eigenvalue weighted by molar-refractivity contribution is -0.116. The molecule has 1 amide bonds. The maximum atomic E-state index is 12.9. The molecule has 162 valence electrons. The Morgan fingerprint density at radius 3 is 2.77 bits per heavy atom. The van der Waals surface area contributed by atoms with Gasteiger partial charge in [0.25, 0.3) is 0 Å². The smallest absolute Gasteiger partial charge is 0.356 e. The second-order valence-electron chi connectivity index (χ2n) is 10.4. The first kappa shape index (κ1) is 20.9. The number of nitrogens with zero attached hydrogens (tertiary/aromatic N) is 1. The predicted molar refractivity (Wildman–Crippen MR) is 119 cm³/mol. The Kier molecular flexibility index (Phi) is 5.17. The number of aryl methyl sites for hydroxylation is 1. The number of benzene rings is 1. The first-order chi connectivity index (χ1) is 14.1. The summed E-state index contributed by atoms with van der Waals surface area (Å²) in [5, 5.41) is 3.82. The van der Waals surface area contributed by atoms with Crippen LogP contribution in [0.15, 0.2) is 18.2 Å². The summed E-state index contributed by atoms with van der Waals surface area (Å²) in [6.45, 7) is 10.9. The van der Waals surface area contributed by atoms with Crippen molar-refractivity contribution in [3.8, 4) is 0 Å². The van der Waals surface area contributed by atoms with E-state index in [4.69, 9.17) is 4.74 Å². The molecular formula is C24H33N3O3. The molecule has 2 aromatic rings. The van der Waals surface area contributed by atoms with Gasteiger partial charge in [-0.2, -0.15) is 0 Å². The number of ether oxygens (including phenoxy) is 1. The van der Waals surface area contributed by atoms with Crippen LogP contribution in [0.25, 0.3) is 10.9 Å². The van der Waals surface area contributed by atoms with Gasteiger partial charge in [-0.05, 0) is 49.1 Å². The van der Waals surface area contributed by atoms with Crippen molar-refractivity contribution in [1.29, 1.82) is 0 Å². The molecule has 4 rings (SSSR count). The van der Waals surface area contributed by atoms with E-state index in [1.54, 1.807) is 0 Å². The molecule has 6 nitrogen and oxygen atoms in total. The van der Waals surface area contributed by atoms with Crippen molar-refractivity contribution in [3.63, 3.8) is 0 Å². The fourth-order valence-corrected chi connectivity index (χ4v) is 5.98. The second-order valence-corrected chi connectivity index (χ2v) is 10.4. The molecule has 30 heavy (non-hydrogen) atoms. The molecule has 0 unspecified atom stereocenters. The van der Waals surface area contributed by atoms with E-state index in [1.165, 1.54) is 26.4 Å². The van der Waals surface area contributed by atoms with Crippen molar-refractivity contribution >= 4 is 28.5 Å². The average Bonchev–Trinajstić information content (AvgIpc) is 3.12. The summed E-state index contributed by atoms with van der Waals surface area (Å²) < 4.78 is 4.91. The number of fused-ring (bicyclic) bond motifs is 3. The Balaban J connectivity index is 1.48. The molecule has 2 atom stereocenters. The number of likely N-dealkylation sites (tertiary alicyclic amines) is 1. The van der Waals surface area contributed by atoms with Crippen molar-refractivity contribution in [2.24, 2.45) is 10.8 Å². The van der Waals surface area contributed by atoms with Crippen molar-refractivity contribution in [1.82, 2.24) is 9.88 Å². The van der Waals surface area contributed by atoms with Gasteiger partial charge in [-0.1, -0.05) is 32.4 Å². The lowest BCUT2D eigenvalue weighted by Crippen LogP contribution is -2.35. The fourth-order valence-electron chi connectivity index (χ4n) is 5.98. The molecule has 0 radical (unpaired) electrons. The normalized spacial score (nSPS) is 25.4. The summed E-state index contributed by atoms with van der Waals surface area (Å²) in [4.78, 5) is 30.7. The highest BCUT2D eigenvalue weighted by Crippen LogP contribution is 2.52. The van der Waals surface area contributed by atoms with Gasteiger partial charge in [0.15, 0.2) is 0 Å². The van der Waals surface area contributed by atoms with Crippen LogP contribution in [0.1, 0.15) is 62.5 Å². The molecule has 1 aliphatic carbocycles. The lowest BCUT2D eigenvalue weighted by Gasteiger charge is -2.39. The Hall–Kier alpha value is -2.34. The molecular weight excluding hydrogens is 378 g/mol. The standard InChI is InChI=1S/C24H33N3O3/c1-15-6-7-18-17(10-15)20(21(25-18)22(29)30-5)26-19(28)8-9-27-14-24(4)12-16(27)11-23(2,3)13-24/h6-7,10,16,25H,8-9,11-14H2,1-5H3,(H,26,28)/t16-,24+/m0/s1. The summed E-state index contributed by atoms with van der Waals surface area (Å²) in [6.07, 6.45) is 4.08. The van der Waals surface area contributed by atoms with Gasteiger partial charge < -0.3 is 15.0 Å². The number of carbonyl (C=O) groups excluding carboxylic acids is 2. The van der Waals surface area contributed by atoms with E-state index >= 15 is 0 Å². The van der Waals surface area contributed by atoms with Gasteiger partial charge in [0, 0.05) is 36.5 Å². The monoisotopic (exact) mass is 411 g/mol. The lowest BCUT2D eigenvalue weighted by atomic mass is 9.65. The van der Waals surface area contributed by atoms with Gasteiger partial charge in [-0.3, -0.25) is 9.69 Å². The van der Waals surface area contributed by atoms with Gasteiger partial charge in [0.05, 0.1) is 12.8 Å². The molecule has 1 aromatic carbocycles. The number of nitrogens with one attached hydrogen (secondary N) is 2. The molecule has 2 bridgehead atoms. The zero-order chi connectivity index (χ0) is 21.7. The van der Waals surface area contributed by atoms with Crippen molar-refractivity contribution in [2.45, 2.75) is 59.4 Å². The van der Waals surface area contributed by atoms with Crippen LogP contribution in [0.3, 0.4) is 0 Å². The van der Waals surface area contributed by atoms with Crippen LogP contribution in [-0.4, -0.2) is 48.0 Å². The van der Waals surface area contributed by atoms with Crippen LogP contribution in [-0.2, 0) is 9.53 Å². The Morgan fingerprint density at radius 1 is 1.27 bits per heavy atom. The molecule has 2 heterocycles. The van der Waals surface area contributed by atoms with Crippen LogP contribution >= 0.6 is 0 Å². The second kappa shape index (κ2) is 7.41. The maximum Gasteiger partial charge on any atom is 0.356 e. The SMILES string of the molecule is COC(=O)c1[nH]c2ccc(C)cc2c1NC(=O)CCN1C[C@]2(C)C[C@@H]1CC(C)(C)C2. The Morgan fingerprint density at radius 2 is 2.03 bits per heavy atom. The zero-order valence-electron chi connectivity index (χ0n) is 18.7. The molecule has 1 aliphatic heterocycles. The number of hydrogen-bond acceptors (Lipinski definition) is 4.